The van der Waals surface area contributed by atoms with Crippen LogP contribution in [-0.4, -0.2) is 5.78 Å². The van der Waals surface area contributed by atoms with Gasteiger partial charge in [-0.1, -0.05) is 37.9 Å². The van der Waals surface area contributed by atoms with Crippen LogP contribution < -0.4 is 0 Å². The highest BCUT2D eigenvalue weighted by atomic mass is 79.9. The molecule has 0 spiro atoms. The van der Waals surface area contributed by atoms with Crippen LogP contribution in [0.4, 0.5) is 8.78 Å². The van der Waals surface area contributed by atoms with Crippen LogP contribution in [0, 0.1) is 11.6 Å². The first kappa shape index (κ1) is 13.4. The van der Waals surface area contributed by atoms with Crippen LogP contribution in [0.15, 0.2) is 45.3 Å². The largest absolute Gasteiger partial charge is 0.288 e. The Bertz CT molecular complexity index is 586. The maximum atomic E-state index is 13.5. The average molecular weight is 376 g/mol. The second-order valence-corrected chi connectivity index (χ2v) is 5.42. The van der Waals surface area contributed by atoms with Gasteiger partial charge in [0, 0.05) is 14.5 Å². The minimum atomic E-state index is -0.865. The van der Waals surface area contributed by atoms with Gasteiger partial charge in [-0.2, -0.15) is 0 Å². The minimum Gasteiger partial charge on any atom is -0.288 e. The molecular formula is C13H6Br2F2O. The lowest BCUT2D eigenvalue weighted by Crippen LogP contribution is -2.07. The highest BCUT2D eigenvalue weighted by molar-refractivity contribution is 9.11. The molecule has 0 bridgehead atoms. The van der Waals surface area contributed by atoms with Gasteiger partial charge in [-0.25, -0.2) is 8.78 Å². The van der Waals surface area contributed by atoms with E-state index >= 15 is 0 Å². The van der Waals surface area contributed by atoms with Crippen molar-refractivity contribution in [2.75, 3.05) is 0 Å². The Morgan fingerprint density at radius 3 is 1.94 bits per heavy atom. The molecule has 0 aromatic heterocycles. The summed E-state index contributed by atoms with van der Waals surface area (Å²) in [5.74, 6) is -2.42. The maximum Gasteiger partial charge on any atom is 0.199 e. The van der Waals surface area contributed by atoms with Gasteiger partial charge in [0.1, 0.15) is 11.6 Å². The van der Waals surface area contributed by atoms with Crippen molar-refractivity contribution in [1.82, 2.24) is 0 Å². The molecule has 0 heterocycles. The second-order valence-electron chi connectivity index (χ2n) is 3.58. The fraction of sp³-hybridized carbons (Fsp3) is 0. The smallest absolute Gasteiger partial charge is 0.199 e. The molecule has 1 nitrogen and oxygen atoms in total. The van der Waals surface area contributed by atoms with E-state index in [4.69, 9.17) is 0 Å². The molecule has 0 fully saturated rings. The van der Waals surface area contributed by atoms with Gasteiger partial charge in [0.25, 0.3) is 0 Å². The van der Waals surface area contributed by atoms with Crippen molar-refractivity contribution in [3.05, 3.63) is 68.1 Å². The van der Waals surface area contributed by atoms with Gasteiger partial charge in [0.05, 0.1) is 5.56 Å². The first-order valence-electron chi connectivity index (χ1n) is 4.94. The van der Waals surface area contributed by atoms with Crippen LogP contribution in [0.25, 0.3) is 0 Å². The van der Waals surface area contributed by atoms with Crippen molar-refractivity contribution >= 4 is 37.6 Å². The molecule has 0 saturated carbocycles. The summed E-state index contributed by atoms with van der Waals surface area (Å²) in [6, 6.07) is 8.09. The summed E-state index contributed by atoms with van der Waals surface area (Å²) in [5.41, 5.74) is -0.331. The van der Waals surface area contributed by atoms with E-state index < -0.39 is 23.0 Å². The van der Waals surface area contributed by atoms with Crippen LogP contribution in [0.2, 0.25) is 0 Å². The predicted molar refractivity (Wildman–Crippen MR) is 71.6 cm³/mol. The van der Waals surface area contributed by atoms with Crippen LogP contribution >= 0.6 is 31.9 Å². The molecule has 18 heavy (non-hydrogen) atoms. The Hall–Kier alpha value is -1.07. The highest BCUT2D eigenvalue weighted by Gasteiger charge is 2.19. The molecule has 2 rings (SSSR count). The zero-order valence-corrected chi connectivity index (χ0v) is 12.1. The number of benzene rings is 2. The second kappa shape index (κ2) is 5.28. The number of halogens is 4. The van der Waals surface area contributed by atoms with E-state index in [1.165, 1.54) is 18.2 Å². The lowest BCUT2D eigenvalue weighted by atomic mass is 10.0. The summed E-state index contributed by atoms with van der Waals surface area (Å²) in [7, 11) is 0. The Labute approximate surface area is 119 Å². The number of carbonyl (C=O) groups excluding carboxylic acids is 1. The first-order valence-corrected chi connectivity index (χ1v) is 6.52. The van der Waals surface area contributed by atoms with Gasteiger partial charge >= 0.3 is 0 Å². The molecule has 0 N–H and O–H groups in total. The monoisotopic (exact) mass is 374 g/mol. The number of hydrogen-bond donors (Lipinski definition) is 0. The summed E-state index contributed by atoms with van der Waals surface area (Å²) >= 11 is 6.44. The molecule has 0 atom stereocenters. The van der Waals surface area contributed by atoms with Crippen molar-refractivity contribution in [1.29, 1.82) is 0 Å². The van der Waals surface area contributed by atoms with Gasteiger partial charge < -0.3 is 0 Å². The summed E-state index contributed by atoms with van der Waals surface area (Å²) < 4.78 is 28.3. The first-order chi connectivity index (χ1) is 8.49. The molecule has 2 aromatic carbocycles. The minimum absolute atomic E-state index is 0.209. The van der Waals surface area contributed by atoms with Crippen LogP contribution in [0.1, 0.15) is 15.9 Å². The number of carbonyl (C=O) groups is 1. The van der Waals surface area contributed by atoms with Gasteiger partial charge in [0.2, 0.25) is 0 Å². The predicted octanol–water partition coefficient (Wildman–Crippen LogP) is 4.72. The topological polar surface area (TPSA) is 17.1 Å². The number of hydrogen-bond acceptors (Lipinski definition) is 1. The Kier molecular flexibility index (Phi) is 3.92. The summed E-state index contributed by atoms with van der Waals surface area (Å²) in [5, 5.41) is 0. The average Bonchev–Trinajstić information content (AvgIpc) is 2.27. The molecule has 0 saturated heterocycles. The highest BCUT2D eigenvalue weighted by Crippen LogP contribution is 2.23. The van der Waals surface area contributed by atoms with E-state index in [1.54, 1.807) is 6.07 Å². The zero-order valence-electron chi connectivity index (χ0n) is 8.88. The van der Waals surface area contributed by atoms with E-state index in [2.05, 4.69) is 31.9 Å². The molecule has 2 aromatic rings. The molecule has 5 heteroatoms. The fourth-order valence-corrected chi connectivity index (χ4v) is 2.84. The van der Waals surface area contributed by atoms with Crippen molar-refractivity contribution in [3.8, 4) is 0 Å². The molecule has 0 aliphatic rings. The molecule has 0 aliphatic carbocycles. The number of ketones is 1. The number of rotatable bonds is 2. The molecule has 0 aliphatic heterocycles. The van der Waals surface area contributed by atoms with E-state index in [1.807, 2.05) is 0 Å². The molecule has 0 radical (unpaired) electrons. The van der Waals surface area contributed by atoms with Crippen molar-refractivity contribution < 1.29 is 13.6 Å². The lowest BCUT2D eigenvalue weighted by molar-refractivity contribution is 0.103. The van der Waals surface area contributed by atoms with Crippen LogP contribution in [-0.2, 0) is 0 Å². The molecule has 92 valence electrons. The molecule has 0 amide bonds. The van der Waals surface area contributed by atoms with E-state index in [-0.39, 0.29) is 5.56 Å². The van der Waals surface area contributed by atoms with Gasteiger partial charge in [-0.3, -0.25) is 4.79 Å². The lowest BCUT2D eigenvalue weighted by Gasteiger charge is -2.05. The van der Waals surface area contributed by atoms with Gasteiger partial charge in [-0.05, 0) is 30.3 Å². The third kappa shape index (κ3) is 2.67. The van der Waals surface area contributed by atoms with Crippen LogP contribution in [0.5, 0.6) is 0 Å². The third-order valence-electron chi connectivity index (χ3n) is 2.31. The maximum absolute atomic E-state index is 13.5. The van der Waals surface area contributed by atoms with E-state index in [0.29, 0.717) is 8.95 Å². The Morgan fingerprint density at radius 1 is 0.944 bits per heavy atom. The normalized spacial score (nSPS) is 10.4. The molecule has 0 unspecified atom stereocenters. The Balaban J connectivity index is 2.55. The third-order valence-corrected chi connectivity index (χ3v) is 3.23. The zero-order chi connectivity index (χ0) is 13.3. The summed E-state index contributed by atoms with van der Waals surface area (Å²) in [4.78, 5) is 12.1. The Morgan fingerprint density at radius 2 is 1.44 bits per heavy atom. The van der Waals surface area contributed by atoms with Crippen molar-refractivity contribution in [2.24, 2.45) is 0 Å². The van der Waals surface area contributed by atoms with Crippen LogP contribution in [0.3, 0.4) is 0 Å². The van der Waals surface area contributed by atoms with E-state index in [0.717, 1.165) is 12.1 Å². The quantitative estimate of drug-likeness (QED) is 0.694. The molecular weight excluding hydrogens is 370 g/mol. The standard InChI is InChI=1S/C13H6Br2F2O/c14-8-4-7(5-9(15)6-8)13(18)12-10(16)2-1-3-11(12)17/h1-6H. The summed E-state index contributed by atoms with van der Waals surface area (Å²) in [6.07, 6.45) is 0. The van der Waals surface area contributed by atoms with Gasteiger partial charge in [0.15, 0.2) is 5.78 Å². The summed E-state index contributed by atoms with van der Waals surface area (Å²) in [6.45, 7) is 0. The van der Waals surface area contributed by atoms with Gasteiger partial charge in [-0.15, -0.1) is 0 Å². The SMILES string of the molecule is O=C(c1cc(Br)cc(Br)c1)c1c(F)cccc1F. The fourth-order valence-electron chi connectivity index (χ4n) is 1.54. The van der Waals surface area contributed by atoms with Crippen molar-refractivity contribution in [2.45, 2.75) is 0 Å². The van der Waals surface area contributed by atoms with Crippen molar-refractivity contribution in [3.63, 3.8) is 0 Å². The van der Waals surface area contributed by atoms with E-state index in [9.17, 15) is 13.6 Å².